The van der Waals surface area contributed by atoms with Crippen LogP contribution in [0.4, 0.5) is 5.69 Å². The van der Waals surface area contributed by atoms with Gasteiger partial charge < -0.3 is 14.6 Å². The molecule has 34 heavy (non-hydrogen) atoms. The second-order valence-corrected chi connectivity index (χ2v) is 8.94. The molecule has 0 aliphatic carbocycles. The number of benzene rings is 1. The number of ketones is 1. The molecule has 1 aliphatic rings. The molecule has 1 amide bonds. The minimum Gasteiger partial charge on any atom is -0.503 e. The number of amides is 1. The van der Waals surface area contributed by atoms with Gasteiger partial charge in [0.25, 0.3) is 5.91 Å². The molecule has 0 saturated carbocycles. The summed E-state index contributed by atoms with van der Waals surface area (Å²) in [4.78, 5) is 32.2. The van der Waals surface area contributed by atoms with E-state index in [9.17, 15) is 14.7 Å². The number of carbonyl (C=O) groups excluding carboxylic acids is 2. The van der Waals surface area contributed by atoms with Crippen molar-refractivity contribution in [2.24, 2.45) is 5.92 Å². The smallest absolute Gasteiger partial charge is 0.294 e. The number of nitrogens with zero attached hydrogens (tertiary/aromatic N) is 2. The first-order chi connectivity index (χ1) is 16.4. The van der Waals surface area contributed by atoms with Gasteiger partial charge in [0, 0.05) is 30.5 Å². The Kier molecular flexibility index (Phi) is 7.09. The number of aromatic nitrogens is 1. The summed E-state index contributed by atoms with van der Waals surface area (Å²) in [6.45, 7) is 4.08. The molecule has 0 fully saturated rings. The molecule has 0 saturated heterocycles. The summed E-state index contributed by atoms with van der Waals surface area (Å²) >= 11 is 1.61. The maximum Gasteiger partial charge on any atom is 0.294 e. The molecule has 2 aromatic heterocycles. The summed E-state index contributed by atoms with van der Waals surface area (Å²) in [5.41, 5.74) is 3.21. The molecule has 3 aromatic rings. The molecule has 7 nitrogen and oxygen atoms in total. The predicted molar refractivity (Wildman–Crippen MR) is 131 cm³/mol. The lowest BCUT2D eigenvalue weighted by atomic mass is 9.91. The van der Waals surface area contributed by atoms with Crippen molar-refractivity contribution >= 4 is 28.7 Å². The van der Waals surface area contributed by atoms with Crippen LogP contribution in [-0.2, 0) is 14.3 Å². The number of hydrogen-bond acceptors (Lipinski definition) is 7. The lowest BCUT2D eigenvalue weighted by Gasteiger charge is -2.28. The zero-order chi connectivity index (χ0) is 24.2. The van der Waals surface area contributed by atoms with Crippen molar-refractivity contribution in [3.63, 3.8) is 0 Å². The number of Topliss-reactive ketones (excluding diaryl/α,β-unsaturated/α-hetero) is 1. The number of thiophene rings is 1. The van der Waals surface area contributed by atoms with E-state index in [-0.39, 0.29) is 23.8 Å². The molecule has 4 rings (SSSR count). The molecule has 0 unspecified atom stereocenters. The molecule has 8 heteroatoms. The largest absolute Gasteiger partial charge is 0.503 e. The van der Waals surface area contributed by atoms with Crippen molar-refractivity contribution in [1.29, 1.82) is 0 Å². The Hall–Kier alpha value is -3.49. The van der Waals surface area contributed by atoms with Gasteiger partial charge in [0.05, 0.1) is 12.2 Å². The maximum atomic E-state index is 13.3. The molecule has 1 aromatic carbocycles. The van der Waals surface area contributed by atoms with Crippen LogP contribution < -0.4 is 9.64 Å². The van der Waals surface area contributed by atoms with Crippen LogP contribution in [0.15, 0.2) is 70.8 Å². The molecule has 0 bridgehead atoms. The number of methoxy groups -OCH3 is 1. The summed E-state index contributed by atoms with van der Waals surface area (Å²) in [7, 11) is 1.57. The Bertz CT molecular complexity index is 1200. The highest BCUT2D eigenvalue weighted by Crippen LogP contribution is 2.44. The normalized spacial score (nSPS) is 15.9. The Balaban J connectivity index is 1.80. The second-order valence-electron chi connectivity index (χ2n) is 8.16. The van der Waals surface area contributed by atoms with E-state index in [1.165, 1.54) is 4.90 Å². The highest BCUT2D eigenvalue weighted by atomic mass is 32.1. The second kappa shape index (κ2) is 10.2. The van der Waals surface area contributed by atoms with Gasteiger partial charge in [-0.1, -0.05) is 26.0 Å². The average molecular weight is 479 g/mol. The fourth-order valence-corrected chi connectivity index (χ4v) is 4.59. The van der Waals surface area contributed by atoms with E-state index in [4.69, 9.17) is 9.47 Å². The third kappa shape index (κ3) is 4.47. The van der Waals surface area contributed by atoms with E-state index in [1.807, 2.05) is 41.1 Å². The van der Waals surface area contributed by atoms with E-state index in [2.05, 4.69) is 4.98 Å². The Morgan fingerprint density at radius 1 is 1.15 bits per heavy atom. The summed E-state index contributed by atoms with van der Waals surface area (Å²) in [6, 6.07) is 12.1. The lowest BCUT2D eigenvalue weighted by molar-refractivity contribution is -0.119. The third-order valence-electron chi connectivity index (χ3n) is 5.62. The predicted octanol–water partition coefficient (Wildman–Crippen LogP) is 4.96. The van der Waals surface area contributed by atoms with Gasteiger partial charge in [-0.25, -0.2) is 4.98 Å². The van der Waals surface area contributed by atoms with Crippen molar-refractivity contribution in [3.05, 3.63) is 76.3 Å². The minimum absolute atomic E-state index is 0.0477. The number of aliphatic hydroxyl groups excluding tert-OH is 1. The number of carbonyl (C=O) groups is 2. The molecular formula is C26H26N2O5S. The van der Waals surface area contributed by atoms with Crippen LogP contribution in [0.5, 0.6) is 5.88 Å². The SMILES string of the molecule is COCCOc1ncccc1[C@H]1C(C(=O)C(C)C)=C(O)C(=O)N1c1ccc(-c2ccsc2)cc1. The average Bonchev–Trinajstić information content (AvgIpc) is 3.47. The fourth-order valence-electron chi connectivity index (χ4n) is 3.93. The van der Waals surface area contributed by atoms with E-state index in [1.54, 1.807) is 50.6 Å². The number of pyridine rings is 1. The molecule has 176 valence electrons. The van der Waals surface area contributed by atoms with E-state index in [0.29, 0.717) is 17.9 Å². The summed E-state index contributed by atoms with van der Waals surface area (Å²) in [5.74, 6) is -1.62. The van der Waals surface area contributed by atoms with Gasteiger partial charge in [-0.05, 0) is 52.2 Å². The maximum absolute atomic E-state index is 13.3. The van der Waals surface area contributed by atoms with Gasteiger partial charge in [-0.2, -0.15) is 11.3 Å². The number of anilines is 1. The highest BCUT2D eigenvalue weighted by molar-refractivity contribution is 7.08. The zero-order valence-electron chi connectivity index (χ0n) is 19.2. The zero-order valence-corrected chi connectivity index (χ0v) is 20.0. The van der Waals surface area contributed by atoms with Crippen LogP contribution in [0, 0.1) is 5.92 Å². The Morgan fingerprint density at radius 2 is 1.91 bits per heavy atom. The van der Waals surface area contributed by atoms with Crippen LogP contribution in [0.1, 0.15) is 25.5 Å². The van der Waals surface area contributed by atoms with Crippen LogP contribution in [0.3, 0.4) is 0 Å². The highest BCUT2D eigenvalue weighted by Gasteiger charge is 2.46. The first kappa shape index (κ1) is 23.7. The van der Waals surface area contributed by atoms with Crippen LogP contribution in [0.25, 0.3) is 11.1 Å². The minimum atomic E-state index is -0.874. The fraction of sp³-hybridized carbons (Fsp3) is 0.269. The summed E-state index contributed by atoms with van der Waals surface area (Å²) < 4.78 is 10.9. The van der Waals surface area contributed by atoms with Crippen molar-refractivity contribution in [2.45, 2.75) is 19.9 Å². The van der Waals surface area contributed by atoms with E-state index >= 15 is 0 Å². The van der Waals surface area contributed by atoms with Crippen molar-refractivity contribution in [1.82, 2.24) is 4.98 Å². The number of aliphatic hydroxyl groups is 1. The number of ether oxygens (including phenoxy) is 2. The van der Waals surface area contributed by atoms with Crippen molar-refractivity contribution in [3.8, 4) is 17.0 Å². The molecule has 1 aliphatic heterocycles. The van der Waals surface area contributed by atoms with Gasteiger partial charge in [0.2, 0.25) is 5.88 Å². The molecule has 0 spiro atoms. The monoisotopic (exact) mass is 478 g/mol. The Morgan fingerprint density at radius 3 is 2.56 bits per heavy atom. The topological polar surface area (TPSA) is 89.0 Å². The molecule has 0 radical (unpaired) electrons. The standard InChI is InChI=1S/C26H26N2O5S/c1-16(2)23(29)21-22(20-5-4-11-27-25(20)33-13-12-32-3)28(26(31)24(21)30)19-8-6-17(7-9-19)18-10-14-34-15-18/h4-11,14-16,22,30H,12-13H2,1-3H3/t22-/m0/s1. The van der Waals surface area contributed by atoms with E-state index in [0.717, 1.165) is 11.1 Å². The quantitative estimate of drug-likeness (QED) is 0.437. The van der Waals surface area contributed by atoms with Crippen molar-refractivity contribution < 1.29 is 24.2 Å². The Labute approximate surface area is 202 Å². The first-order valence-electron chi connectivity index (χ1n) is 10.9. The van der Waals surface area contributed by atoms with Crippen molar-refractivity contribution in [2.75, 3.05) is 25.2 Å². The van der Waals surface area contributed by atoms with Gasteiger partial charge in [-0.3, -0.25) is 14.5 Å². The van der Waals surface area contributed by atoms with Gasteiger partial charge in [0.1, 0.15) is 12.6 Å². The summed E-state index contributed by atoms with van der Waals surface area (Å²) in [5, 5.41) is 14.9. The van der Waals surface area contributed by atoms with Crippen LogP contribution in [-0.4, -0.2) is 42.1 Å². The third-order valence-corrected chi connectivity index (χ3v) is 6.30. The number of rotatable bonds is 9. The van der Waals surface area contributed by atoms with Crippen LogP contribution in [0.2, 0.25) is 0 Å². The van der Waals surface area contributed by atoms with Gasteiger partial charge >= 0.3 is 0 Å². The first-order valence-corrected chi connectivity index (χ1v) is 11.9. The molecular weight excluding hydrogens is 452 g/mol. The van der Waals surface area contributed by atoms with E-state index < -0.39 is 23.6 Å². The molecule has 1 atom stereocenters. The van der Waals surface area contributed by atoms with Gasteiger partial charge in [-0.15, -0.1) is 0 Å². The van der Waals surface area contributed by atoms with Crippen LogP contribution >= 0.6 is 11.3 Å². The molecule has 1 N–H and O–H groups in total. The number of hydrogen-bond donors (Lipinski definition) is 1. The van der Waals surface area contributed by atoms with Gasteiger partial charge in [0.15, 0.2) is 11.5 Å². The summed E-state index contributed by atoms with van der Waals surface area (Å²) in [6.07, 6.45) is 1.58. The lowest BCUT2D eigenvalue weighted by Crippen LogP contribution is -2.32. The molecule has 3 heterocycles.